The zero-order valence-electron chi connectivity index (χ0n) is 12.6. The van der Waals surface area contributed by atoms with E-state index in [1.54, 1.807) is 12.1 Å². The van der Waals surface area contributed by atoms with Gasteiger partial charge in [-0.1, -0.05) is 25.5 Å². The van der Waals surface area contributed by atoms with Gasteiger partial charge in [-0.05, 0) is 43.5 Å². The highest BCUT2D eigenvalue weighted by molar-refractivity contribution is 5.49. The average Bonchev–Trinajstić information content (AvgIpc) is 2.50. The predicted octanol–water partition coefficient (Wildman–Crippen LogP) is 4.20. The highest BCUT2D eigenvalue weighted by Crippen LogP contribution is 2.26. The number of benzene rings is 1. The minimum atomic E-state index is 0.412. The van der Waals surface area contributed by atoms with Crippen LogP contribution in [0.3, 0.4) is 0 Å². The zero-order chi connectivity index (χ0) is 15.1. The van der Waals surface area contributed by atoms with Crippen molar-refractivity contribution in [3.8, 4) is 17.5 Å². The van der Waals surface area contributed by atoms with Crippen LogP contribution in [-0.4, -0.2) is 11.6 Å². The fourth-order valence-electron chi connectivity index (χ4n) is 1.97. The molecule has 0 saturated heterocycles. The van der Waals surface area contributed by atoms with Gasteiger partial charge >= 0.3 is 0 Å². The summed E-state index contributed by atoms with van der Waals surface area (Å²) in [6.45, 7) is 4.61. The number of aryl methyl sites for hydroxylation is 1. The second-order valence-electron chi connectivity index (χ2n) is 4.83. The number of nitrogens with two attached hydrogens (primary N) is 1. The Morgan fingerprint density at radius 2 is 1.81 bits per heavy atom. The third-order valence-corrected chi connectivity index (χ3v) is 3.11. The van der Waals surface area contributed by atoms with E-state index in [4.69, 9.17) is 15.2 Å². The lowest BCUT2D eigenvalue weighted by molar-refractivity contribution is 0.323. The molecule has 1 aromatic carbocycles. The molecule has 4 heteroatoms. The van der Waals surface area contributed by atoms with Crippen molar-refractivity contribution in [2.24, 2.45) is 0 Å². The van der Waals surface area contributed by atoms with Crippen molar-refractivity contribution in [3.05, 3.63) is 42.0 Å². The van der Waals surface area contributed by atoms with Crippen LogP contribution in [0.1, 0.15) is 32.3 Å². The molecule has 4 nitrogen and oxygen atoms in total. The third kappa shape index (κ3) is 4.38. The lowest BCUT2D eigenvalue weighted by Gasteiger charge is -2.09. The quantitative estimate of drug-likeness (QED) is 0.828. The first-order valence-electron chi connectivity index (χ1n) is 7.39. The van der Waals surface area contributed by atoms with E-state index in [0.29, 0.717) is 24.1 Å². The maximum Gasteiger partial charge on any atom is 0.240 e. The van der Waals surface area contributed by atoms with Crippen molar-refractivity contribution in [2.45, 2.75) is 33.1 Å². The number of ether oxygens (including phenoxy) is 2. The average molecular weight is 286 g/mol. The molecule has 21 heavy (non-hydrogen) atoms. The number of nitrogens with zero attached hydrogens (tertiary/aromatic N) is 1. The maximum absolute atomic E-state index is 5.79. The summed E-state index contributed by atoms with van der Waals surface area (Å²) < 4.78 is 11.1. The monoisotopic (exact) mass is 286 g/mol. The Labute approximate surface area is 125 Å². The molecule has 2 aromatic rings. The molecule has 0 aliphatic rings. The van der Waals surface area contributed by atoms with E-state index in [0.717, 1.165) is 12.2 Å². The maximum atomic E-state index is 5.79. The van der Waals surface area contributed by atoms with Crippen LogP contribution in [0, 0.1) is 0 Å². The molecule has 2 rings (SSSR count). The molecule has 0 spiro atoms. The molecule has 112 valence electrons. The number of unbranched alkanes of at least 4 members (excludes halogenated alkanes) is 1. The minimum absolute atomic E-state index is 0.412. The number of hydrogen-bond donors (Lipinski definition) is 1. The van der Waals surface area contributed by atoms with Gasteiger partial charge < -0.3 is 15.2 Å². The van der Waals surface area contributed by atoms with E-state index in [1.807, 2.05) is 19.1 Å². The van der Waals surface area contributed by atoms with E-state index in [9.17, 15) is 0 Å². The van der Waals surface area contributed by atoms with Gasteiger partial charge in [0.2, 0.25) is 11.8 Å². The standard InChI is InChI=1S/C17H22N2O2/c1-3-5-6-13-7-9-14(10-8-13)21-16-12-11-15(18)17(19-16)20-4-2/h7-12H,3-6,18H2,1-2H3. The first kappa shape index (κ1) is 15.2. The van der Waals surface area contributed by atoms with Crippen molar-refractivity contribution in [1.82, 2.24) is 4.98 Å². The van der Waals surface area contributed by atoms with Crippen LogP contribution in [0.4, 0.5) is 5.69 Å². The molecule has 0 amide bonds. The smallest absolute Gasteiger partial charge is 0.240 e. The SMILES string of the molecule is CCCCc1ccc(Oc2ccc(N)c(OCC)n2)cc1. The molecule has 0 aliphatic carbocycles. The summed E-state index contributed by atoms with van der Waals surface area (Å²) in [5, 5.41) is 0. The van der Waals surface area contributed by atoms with Gasteiger partial charge in [-0.15, -0.1) is 0 Å². The van der Waals surface area contributed by atoms with Crippen LogP contribution in [0.2, 0.25) is 0 Å². The van der Waals surface area contributed by atoms with E-state index in [-0.39, 0.29) is 0 Å². The lowest BCUT2D eigenvalue weighted by Crippen LogP contribution is -2.00. The van der Waals surface area contributed by atoms with Crippen molar-refractivity contribution >= 4 is 5.69 Å². The van der Waals surface area contributed by atoms with Crippen LogP contribution in [0.5, 0.6) is 17.5 Å². The number of aromatic nitrogens is 1. The van der Waals surface area contributed by atoms with Gasteiger partial charge in [-0.2, -0.15) is 4.98 Å². The van der Waals surface area contributed by atoms with Gasteiger partial charge in [-0.25, -0.2) is 0 Å². The largest absolute Gasteiger partial charge is 0.476 e. The Morgan fingerprint density at radius 3 is 2.48 bits per heavy atom. The second kappa shape index (κ2) is 7.53. The van der Waals surface area contributed by atoms with Crippen LogP contribution in [0.25, 0.3) is 0 Å². The molecule has 0 bridgehead atoms. The first-order valence-corrected chi connectivity index (χ1v) is 7.39. The molecule has 0 saturated carbocycles. The molecule has 1 heterocycles. The van der Waals surface area contributed by atoms with E-state index >= 15 is 0 Å². The van der Waals surface area contributed by atoms with E-state index in [1.165, 1.54) is 18.4 Å². The Balaban J connectivity index is 2.05. The molecule has 1 aromatic heterocycles. The Hall–Kier alpha value is -2.23. The molecule has 0 fully saturated rings. The third-order valence-electron chi connectivity index (χ3n) is 3.11. The molecule has 0 atom stereocenters. The van der Waals surface area contributed by atoms with Gasteiger partial charge in [0, 0.05) is 6.07 Å². The van der Waals surface area contributed by atoms with Crippen molar-refractivity contribution in [1.29, 1.82) is 0 Å². The summed E-state index contributed by atoms with van der Waals surface area (Å²) in [5.41, 5.74) is 7.63. The predicted molar refractivity (Wildman–Crippen MR) is 84.9 cm³/mol. The van der Waals surface area contributed by atoms with Gasteiger partial charge in [0.1, 0.15) is 5.75 Å². The topological polar surface area (TPSA) is 57.4 Å². The normalized spacial score (nSPS) is 10.4. The van der Waals surface area contributed by atoms with E-state index < -0.39 is 0 Å². The fraction of sp³-hybridized carbons (Fsp3) is 0.353. The highest BCUT2D eigenvalue weighted by atomic mass is 16.5. The molecule has 0 radical (unpaired) electrons. The Bertz CT molecular complexity index is 568. The summed E-state index contributed by atoms with van der Waals surface area (Å²) in [6.07, 6.45) is 3.51. The van der Waals surface area contributed by atoms with Crippen LogP contribution >= 0.6 is 0 Å². The second-order valence-corrected chi connectivity index (χ2v) is 4.83. The summed E-state index contributed by atoms with van der Waals surface area (Å²) >= 11 is 0. The van der Waals surface area contributed by atoms with Gasteiger partial charge in [0.25, 0.3) is 0 Å². The van der Waals surface area contributed by atoms with Gasteiger partial charge in [0.15, 0.2) is 0 Å². The summed E-state index contributed by atoms with van der Waals surface area (Å²) in [5.74, 6) is 1.65. The lowest BCUT2D eigenvalue weighted by atomic mass is 10.1. The van der Waals surface area contributed by atoms with Crippen molar-refractivity contribution in [2.75, 3.05) is 12.3 Å². The van der Waals surface area contributed by atoms with Crippen molar-refractivity contribution in [3.63, 3.8) is 0 Å². The first-order chi connectivity index (χ1) is 10.2. The number of nitrogen functional groups attached to an aromatic ring is 1. The highest BCUT2D eigenvalue weighted by Gasteiger charge is 2.05. The van der Waals surface area contributed by atoms with E-state index in [2.05, 4.69) is 24.0 Å². The fourth-order valence-corrected chi connectivity index (χ4v) is 1.97. The number of rotatable bonds is 7. The van der Waals surface area contributed by atoms with Gasteiger partial charge in [0.05, 0.1) is 12.3 Å². The Morgan fingerprint density at radius 1 is 1.05 bits per heavy atom. The van der Waals surface area contributed by atoms with Crippen LogP contribution in [0.15, 0.2) is 36.4 Å². The molecule has 0 aliphatic heterocycles. The van der Waals surface area contributed by atoms with Crippen LogP contribution < -0.4 is 15.2 Å². The molecular formula is C17H22N2O2. The zero-order valence-corrected chi connectivity index (χ0v) is 12.6. The number of anilines is 1. The molecular weight excluding hydrogens is 264 g/mol. The van der Waals surface area contributed by atoms with Gasteiger partial charge in [-0.3, -0.25) is 0 Å². The summed E-state index contributed by atoms with van der Waals surface area (Å²) in [6, 6.07) is 11.6. The number of pyridine rings is 1. The number of hydrogen-bond acceptors (Lipinski definition) is 4. The molecule has 2 N–H and O–H groups in total. The van der Waals surface area contributed by atoms with Crippen LogP contribution in [-0.2, 0) is 6.42 Å². The Kier molecular flexibility index (Phi) is 5.43. The molecule has 0 unspecified atom stereocenters. The van der Waals surface area contributed by atoms with Crippen molar-refractivity contribution < 1.29 is 9.47 Å². The minimum Gasteiger partial charge on any atom is -0.476 e. The summed E-state index contributed by atoms with van der Waals surface area (Å²) in [7, 11) is 0. The summed E-state index contributed by atoms with van der Waals surface area (Å²) in [4.78, 5) is 4.26.